The molecule has 328 valence electrons. The predicted molar refractivity (Wildman–Crippen MR) is 237 cm³/mol. The zero-order valence-electron chi connectivity index (χ0n) is 36.0. The Kier molecular flexibility index (Phi) is 10.3. The number of rotatable bonds is 8. The lowest BCUT2D eigenvalue weighted by Gasteiger charge is -2.35. The van der Waals surface area contributed by atoms with Crippen LogP contribution in [0.5, 0.6) is 0 Å². The lowest BCUT2D eigenvalue weighted by atomic mass is 9.94. The van der Waals surface area contributed by atoms with Crippen LogP contribution in [-0.4, -0.2) is 109 Å². The van der Waals surface area contributed by atoms with Crippen molar-refractivity contribution >= 4 is 75.3 Å². The minimum atomic E-state index is -1.02. The van der Waals surface area contributed by atoms with Gasteiger partial charge in [0, 0.05) is 81.9 Å². The second kappa shape index (κ2) is 16.2. The van der Waals surface area contributed by atoms with Gasteiger partial charge in [-0.3, -0.25) is 39.0 Å². The molecule has 0 spiro atoms. The maximum absolute atomic E-state index is 14.0. The number of nitrogens with zero attached hydrogens (tertiary/aromatic N) is 8. The first kappa shape index (κ1) is 40.9. The highest BCUT2D eigenvalue weighted by Crippen LogP contribution is 2.35. The molecule has 3 N–H and O–H groups in total. The molecular weight excluding hydrogens is 815 g/mol. The van der Waals surface area contributed by atoms with Crippen molar-refractivity contribution in [3.8, 4) is 0 Å². The van der Waals surface area contributed by atoms with Gasteiger partial charge in [0.05, 0.1) is 22.4 Å². The molecule has 2 unspecified atom stereocenters. The van der Waals surface area contributed by atoms with Gasteiger partial charge in [0.1, 0.15) is 6.04 Å². The average Bonchev–Trinajstić information content (AvgIpc) is 3.98. The van der Waals surface area contributed by atoms with Gasteiger partial charge in [-0.15, -0.1) is 0 Å². The molecular formula is C47H49N11O6. The topological polar surface area (TPSA) is 195 Å². The van der Waals surface area contributed by atoms with E-state index < -0.39 is 29.7 Å². The number of imide groups is 2. The van der Waals surface area contributed by atoms with Crippen LogP contribution in [0, 0.1) is 25.7 Å². The molecule has 2 aromatic heterocycles. The third kappa shape index (κ3) is 7.37. The third-order valence-corrected chi connectivity index (χ3v) is 13.6. The van der Waals surface area contributed by atoms with Gasteiger partial charge >= 0.3 is 0 Å². The summed E-state index contributed by atoms with van der Waals surface area (Å²) in [5, 5.41) is 14.6. The van der Waals surface area contributed by atoms with Crippen molar-refractivity contribution in [1.29, 1.82) is 0 Å². The number of nitrogens with one attached hydrogen (secondary N) is 3. The number of amides is 6. The SMILES string of the molecule is Cc1cccc(C)c1Nc1nn(C)c2nc(Nc3ccc4c(c3)CN(C(=O)C3CCN(C(=O)C5CCN(c6ccc7c(c6)C(=O)N(C6CCC(=O)NC6=O)C7=O)CC5)C3)CC4)ncc12. The molecule has 3 fully saturated rings. The number of carbonyl (C=O) groups is 6. The average molecular weight is 864 g/mol. The monoisotopic (exact) mass is 863 g/mol. The number of aromatic nitrogens is 4. The molecule has 0 saturated carbocycles. The van der Waals surface area contributed by atoms with E-state index in [2.05, 4.69) is 63.9 Å². The Morgan fingerprint density at radius 3 is 2.30 bits per heavy atom. The molecule has 5 aliphatic rings. The molecule has 3 saturated heterocycles. The first-order chi connectivity index (χ1) is 30.9. The minimum Gasteiger partial charge on any atom is -0.371 e. The van der Waals surface area contributed by atoms with E-state index in [1.165, 1.54) is 5.56 Å². The van der Waals surface area contributed by atoms with Crippen molar-refractivity contribution in [1.82, 2.24) is 39.8 Å². The molecule has 5 aliphatic heterocycles. The van der Waals surface area contributed by atoms with Crippen molar-refractivity contribution < 1.29 is 28.8 Å². The number of likely N-dealkylation sites (tertiary alicyclic amines) is 1. The molecule has 2 atom stereocenters. The fraction of sp³-hybridized carbons (Fsp3) is 0.383. The Morgan fingerprint density at radius 1 is 0.766 bits per heavy atom. The number of aryl methyl sites for hydroxylation is 3. The number of hydrogen-bond donors (Lipinski definition) is 3. The second-order valence-corrected chi connectivity index (χ2v) is 17.6. The Balaban J connectivity index is 0.730. The van der Waals surface area contributed by atoms with E-state index in [1.54, 1.807) is 29.1 Å². The fourth-order valence-corrected chi connectivity index (χ4v) is 9.99. The second-order valence-electron chi connectivity index (χ2n) is 17.6. The summed E-state index contributed by atoms with van der Waals surface area (Å²) >= 11 is 0. The van der Waals surface area contributed by atoms with Crippen LogP contribution in [0.4, 0.5) is 28.8 Å². The zero-order valence-corrected chi connectivity index (χ0v) is 36.0. The smallest absolute Gasteiger partial charge is 0.262 e. The lowest BCUT2D eigenvalue weighted by Crippen LogP contribution is -2.54. The van der Waals surface area contributed by atoms with E-state index in [9.17, 15) is 28.8 Å². The molecule has 10 rings (SSSR count). The van der Waals surface area contributed by atoms with Crippen LogP contribution in [0.2, 0.25) is 0 Å². The van der Waals surface area contributed by atoms with E-state index in [0.29, 0.717) is 75.9 Å². The van der Waals surface area contributed by atoms with Crippen molar-refractivity contribution in [2.45, 2.75) is 65.0 Å². The first-order valence-electron chi connectivity index (χ1n) is 22.0. The highest BCUT2D eigenvalue weighted by molar-refractivity contribution is 6.23. The van der Waals surface area contributed by atoms with Gasteiger partial charge in [0.2, 0.25) is 29.6 Å². The van der Waals surface area contributed by atoms with Crippen LogP contribution < -0.4 is 20.9 Å². The van der Waals surface area contributed by atoms with Crippen LogP contribution in [-0.2, 0) is 39.2 Å². The van der Waals surface area contributed by atoms with Gasteiger partial charge in [-0.25, -0.2) is 9.67 Å². The zero-order chi connectivity index (χ0) is 44.4. The molecule has 17 nitrogen and oxygen atoms in total. The van der Waals surface area contributed by atoms with Crippen LogP contribution in [0.25, 0.3) is 11.0 Å². The van der Waals surface area contributed by atoms with Crippen molar-refractivity contribution in [2.24, 2.45) is 18.9 Å². The fourth-order valence-electron chi connectivity index (χ4n) is 9.99. The minimum absolute atomic E-state index is 0.0589. The normalized spacial score (nSPS) is 20.2. The Morgan fingerprint density at radius 2 is 1.52 bits per heavy atom. The van der Waals surface area contributed by atoms with Crippen molar-refractivity contribution in [3.63, 3.8) is 0 Å². The van der Waals surface area contributed by atoms with E-state index in [-0.39, 0.29) is 47.6 Å². The van der Waals surface area contributed by atoms with Gasteiger partial charge < -0.3 is 25.3 Å². The predicted octanol–water partition coefficient (Wildman–Crippen LogP) is 4.52. The van der Waals surface area contributed by atoms with Crippen LogP contribution in [0.15, 0.2) is 60.8 Å². The molecule has 3 aromatic carbocycles. The van der Waals surface area contributed by atoms with E-state index in [4.69, 9.17) is 10.1 Å². The summed E-state index contributed by atoms with van der Waals surface area (Å²) in [6.45, 7) is 7.36. The van der Waals surface area contributed by atoms with E-state index in [1.807, 2.05) is 29.0 Å². The molecule has 0 aliphatic carbocycles. The molecule has 0 radical (unpaired) electrons. The Bertz CT molecular complexity index is 2770. The standard InChI is InChI=1S/C47H49N11O6/c1-26-5-4-6-27(2)39(26)51-40-36-23-48-47(52-41(36)54(3)53-40)49-32-8-7-28-13-19-57(25-31(28)21-32)44(62)30-16-20-56(24-30)43(61)29-14-17-55(18-15-29)33-9-10-34-35(22-33)46(64)58(45(34)63)37-11-12-38(59)50-42(37)60/h4-10,21-23,29-30,37H,11-20,24-25H2,1-3H3,(H,51,53)(H,48,49,52)(H,50,59,60). The summed E-state index contributed by atoms with van der Waals surface area (Å²) in [6, 6.07) is 16.4. The quantitative estimate of drug-likeness (QED) is 0.185. The largest absolute Gasteiger partial charge is 0.371 e. The highest BCUT2D eigenvalue weighted by Gasteiger charge is 2.45. The van der Waals surface area contributed by atoms with Gasteiger partial charge in [0.15, 0.2) is 11.5 Å². The number of anilines is 5. The van der Waals surface area contributed by atoms with Gasteiger partial charge in [-0.2, -0.15) is 10.1 Å². The van der Waals surface area contributed by atoms with Gasteiger partial charge in [0.25, 0.3) is 11.8 Å². The molecule has 0 bridgehead atoms. The Labute approximate surface area is 369 Å². The van der Waals surface area contributed by atoms with Gasteiger partial charge in [-0.1, -0.05) is 24.3 Å². The highest BCUT2D eigenvalue weighted by atomic mass is 16.2. The van der Waals surface area contributed by atoms with Crippen LogP contribution >= 0.6 is 0 Å². The summed E-state index contributed by atoms with van der Waals surface area (Å²) in [6.07, 6.45) is 4.54. The Hall–Kier alpha value is -7.17. The summed E-state index contributed by atoms with van der Waals surface area (Å²) in [4.78, 5) is 94.7. The molecule has 7 heterocycles. The summed E-state index contributed by atoms with van der Waals surface area (Å²) in [5.41, 5.74) is 8.27. The molecule has 6 amide bonds. The maximum atomic E-state index is 14.0. The molecule has 5 aromatic rings. The van der Waals surface area contributed by atoms with E-state index in [0.717, 1.165) is 50.5 Å². The maximum Gasteiger partial charge on any atom is 0.262 e. The number of hydrogen-bond acceptors (Lipinski definition) is 12. The van der Waals surface area contributed by atoms with Crippen molar-refractivity contribution in [3.05, 3.63) is 94.2 Å². The summed E-state index contributed by atoms with van der Waals surface area (Å²) in [7, 11) is 1.86. The number of para-hydroxylation sites is 1. The molecule has 17 heteroatoms. The third-order valence-electron chi connectivity index (χ3n) is 13.6. The van der Waals surface area contributed by atoms with Crippen LogP contribution in [0.1, 0.15) is 75.1 Å². The number of fused-ring (bicyclic) bond motifs is 3. The number of benzene rings is 3. The first-order valence-corrected chi connectivity index (χ1v) is 22.0. The van der Waals surface area contributed by atoms with Gasteiger partial charge in [-0.05, 0) is 98.5 Å². The number of piperidine rings is 2. The van der Waals surface area contributed by atoms with Crippen molar-refractivity contribution in [2.75, 3.05) is 48.3 Å². The summed E-state index contributed by atoms with van der Waals surface area (Å²) in [5.74, 6) is -1.30. The van der Waals surface area contributed by atoms with Crippen LogP contribution in [0.3, 0.4) is 0 Å². The number of carbonyl (C=O) groups excluding carboxylic acids is 6. The molecule has 64 heavy (non-hydrogen) atoms. The summed E-state index contributed by atoms with van der Waals surface area (Å²) < 4.78 is 1.74. The van der Waals surface area contributed by atoms with E-state index >= 15 is 0 Å². The lowest BCUT2D eigenvalue weighted by molar-refractivity contribution is -0.138.